The fraction of sp³-hybridized carbons (Fsp3) is 0.286. The van der Waals surface area contributed by atoms with E-state index in [1.54, 1.807) is 6.07 Å². The molecule has 0 aromatic carbocycles. The second-order valence-corrected chi connectivity index (χ2v) is 2.90. The number of pyridine rings is 1. The molecule has 0 fully saturated rings. The van der Waals surface area contributed by atoms with E-state index in [-0.39, 0.29) is 6.17 Å². The summed E-state index contributed by atoms with van der Waals surface area (Å²) in [7, 11) is 3.03. The van der Waals surface area contributed by atoms with Crippen LogP contribution in [-0.2, 0) is 0 Å². The third-order valence-corrected chi connectivity index (χ3v) is 1.71. The summed E-state index contributed by atoms with van der Waals surface area (Å²) < 4.78 is 18.1. The van der Waals surface area contributed by atoms with E-state index in [0.717, 1.165) is 3.70 Å². The third kappa shape index (κ3) is 1.95. The molecule has 4 heteroatoms. The number of hydrogen-bond donors (Lipinski definition) is 0. The molecule has 0 bridgehead atoms. The zero-order valence-electron chi connectivity index (χ0n) is 7.22. The predicted molar refractivity (Wildman–Crippen MR) is 50.1 cm³/mol. The number of methoxy groups -OCH3 is 2. The van der Waals surface area contributed by atoms with Crippen molar-refractivity contribution in [2.45, 2.75) is 0 Å². The molecule has 0 saturated heterocycles. The monoisotopic (exact) mass is 266 g/mol. The smallest absolute Gasteiger partial charge is 0.179 e. The molecular formula is C7H8INO2. The van der Waals surface area contributed by atoms with E-state index < -0.39 is 0 Å². The van der Waals surface area contributed by atoms with Crippen LogP contribution in [0.3, 0.4) is 0 Å². The Morgan fingerprint density at radius 3 is 2.64 bits per heavy atom. The molecule has 1 heterocycles. The third-order valence-electron chi connectivity index (χ3n) is 1.16. The standard InChI is InChI=1S/C7H8INO2/c1-10-5-3-7(8)9-4-6(5)11-2/h3-4H,1-2H3/i4D. The minimum absolute atomic E-state index is 0.0984. The summed E-state index contributed by atoms with van der Waals surface area (Å²) in [5.41, 5.74) is 0. The Labute approximate surface area is 80.3 Å². The molecule has 0 spiro atoms. The molecule has 60 valence electrons. The summed E-state index contributed by atoms with van der Waals surface area (Å²) >= 11 is 2.02. The van der Waals surface area contributed by atoms with Gasteiger partial charge in [-0.1, -0.05) is 0 Å². The van der Waals surface area contributed by atoms with Crippen molar-refractivity contribution in [3.05, 3.63) is 15.9 Å². The highest BCUT2D eigenvalue weighted by Crippen LogP contribution is 2.25. The largest absolute Gasteiger partial charge is 0.493 e. The molecule has 1 aromatic heterocycles. The molecule has 0 radical (unpaired) electrons. The van der Waals surface area contributed by atoms with Crippen LogP contribution >= 0.6 is 22.6 Å². The van der Waals surface area contributed by atoms with E-state index in [9.17, 15) is 0 Å². The van der Waals surface area contributed by atoms with Crippen LogP contribution in [0.25, 0.3) is 0 Å². The van der Waals surface area contributed by atoms with Crippen molar-refractivity contribution < 1.29 is 10.8 Å². The highest BCUT2D eigenvalue weighted by Gasteiger charge is 2.02. The van der Waals surface area contributed by atoms with E-state index in [4.69, 9.17) is 10.8 Å². The van der Waals surface area contributed by atoms with Crippen molar-refractivity contribution in [1.29, 1.82) is 0 Å². The lowest BCUT2D eigenvalue weighted by molar-refractivity contribution is 0.353. The van der Waals surface area contributed by atoms with Crippen molar-refractivity contribution in [2.75, 3.05) is 14.2 Å². The van der Waals surface area contributed by atoms with Gasteiger partial charge in [-0.25, -0.2) is 4.98 Å². The Kier molecular flexibility index (Phi) is 2.44. The molecular weight excluding hydrogens is 257 g/mol. The molecule has 11 heavy (non-hydrogen) atoms. The Morgan fingerprint density at radius 1 is 1.45 bits per heavy atom. The summed E-state index contributed by atoms with van der Waals surface area (Å²) in [5, 5.41) is 0. The Bertz CT molecular complexity index is 293. The van der Waals surface area contributed by atoms with Crippen molar-refractivity contribution in [2.24, 2.45) is 0 Å². The van der Waals surface area contributed by atoms with Gasteiger partial charge in [0, 0.05) is 6.07 Å². The van der Waals surface area contributed by atoms with Crippen molar-refractivity contribution in [1.82, 2.24) is 4.98 Å². The Balaban J connectivity index is 3.24. The summed E-state index contributed by atoms with van der Waals surface area (Å²) in [4.78, 5) is 3.90. The van der Waals surface area contributed by atoms with Gasteiger partial charge in [-0.05, 0) is 22.6 Å². The van der Waals surface area contributed by atoms with Gasteiger partial charge in [-0.3, -0.25) is 0 Å². The fourth-order valence-corrected chi connectivity index (χ4v) is 1.07. The molecule has 0 aliphatic carbocycles. The van der Waals surface area contributed by atoms with Gasteiger partial charge in [0.05, 0.1) is 21.8 Å². The lowest BCUT2D eigenvalue weighted by Crippen LogP contribution is -1.92. The summed E-state index contributed by atoms with van der Waals surface area (Å²) in [6.45, 7) is 0. The molecule has 0 aliphatic rings. The molecule has 1 aromatic rings. The number of ether oxygens (including phenoxy) is 2. The quantitative estimate of drug-likeness (QED) is 0.603. The SMILES string of the molecule is [2H]c1nc(I)cc(OC)c1OC. The lowest BCUT2D eigenvalue weighted by Gasteiger charge is -2.05. The maximum Gasteiger partial charge on any atom is 0.179 e. The number of nitrogens with zero attached hydrogens (tertiary/aromatic N) is 1. The van der Waals surface area contributed by atoms with Gasteiger partial charge in [0.2, 0.25) is 0 Å². The first-order chi connectivity index (χ1) is 5.69. The van der Waals surface area contributed by atoms with Crippen molar-refractivity contribution in [3.8, 4) is 11.5 Å². The molecule has 0 unspecified atom stereocenters. The molecule has 0 amide bonds. The highest BCUT2D eigenvalue weighted by molar-refractivity contribution is 14.1. The van der Waals surface area contributed by atoms with Crippen molar-refractivity contribution >= 4 is 22.6 Å². The topological polar surface area (TPSA) is 31.4 Å². The first-order valence-corrected chi connectivity index (χ1v) is 4.02. The average Bonchev–Trinajstić information content (AvgIpc) is 2.03. The molecule has 0 aliphatic heterocycles. The van der Waals surface area contributed by atoms with Gasteiger partial charge in [-0.2, -0.15) is 0 Å². The molecule has 0 saturated carbocycles. The molecule has 3 nitrogen and oxygen atoms in total. The van der Waals surface area contributed by atoms with Crippen LogP contribution in [0.2, 0.25) is 0 Å². The Hall–Kier alpha value is -0.520. The lowest BCUT2D eigenvalue weighted by atomic mass is 10.4. The van der Waals surface area contributed by atoms with E-state index in [2.05, 4.69) is 4.98 Å². The van der Waals surface area contributed by atoms with Crippen LogP contribution in [0, 0.1) is 3.70 Å². The maximum absolute atomic E-state index is 7.43. The first-order valence-electron chi connectivity index (χ1n) is 3.44. The van der Waals surface area contributed by atoms with E-state index in [1.165, 1.54) is 14.2 Å². The number of hydrogen-bond acceptors (Lipinski definition) is 3. The van der Waals surface area contributed by atoms with E-state index >= 15 is 0 Å². The van der Waals surface area contributed by atoms with Gasteiger partial charge in [0.15, 0.2) is 11.5 Å². The minimum Gasteiger partial charge on any atom is -0.493 e. The van der Waals surface area contributed by atoms with E-state index in [1.807, 2.05) is 22.6 Å². The fourth-order valence-electron chi connectivity index (χ4n) is 0.663. The molecule has 1 rings (SSSR count). The summed E-state index contributed by atoms with van der Waals surface area (Å²) in [6, 6.07) is 1.72. The minimum atomic E-state index is 0.0984. The predicted octanol–water partition coefficient (Wildman–Crippen LogP) is 1.70. The highest BCUT2D eigenvalue weighted by atomic mass is 127. The Morgan fingerprint density at radius 2 is 2.09 bits per heavy atom. The second kappa shape index (κ2) is 3.75. The zero-order valence-corrected chi connectivity index (χ0v) is 8.38. The first kappa shape index (κ1) is 7.15. The van der Waals surface area contributed by atoms with Gasteiger partial charge < -0.3 is 9.47 Å². The molecule has 0 atom stereocenters. The van der Waals surface area contributed by atoms with Crippen LogP contribution in [0.4, 0.5) is 0 Å². The van der Waals surface area contributed by atoms with Crippen LogP contribution < -0.4 is 9.47 Å². The van der Waals surface area contributed by atoms with Crippen LogP contribution in [0.1, 0.15) is 1.37 Å². The second-order valence-electron chi connectivity index (χ2n) is 1.79. The normalized spacial score (nSPS) is 10.6. The van der Waals surface area contributed by atoms with Crippen LogP contribution in [-0.4, -0.2) is 19.2 Å². The number of halogens is 1. The van der Waals surface area contributed by atoms with Gasteiger partial charge in [0.1, 0.15) is 3.70 Å². The van der Waals surface area contributed by atoms with Crippen LogP contribution in [0.15, 0.2) is 12.2 Å². The van der Waals surface area contributed by atoms with Gasteiger partial charge >= 0.3 is 0 Å². The summed E-state index contributed by atoms with van der Waals surface area (Å²) in [5.74, 6) is 0.916. The summed E-state index contributed by atoms with van der Waals surface area (Å²) in [6.07, 6.45) is 0.0984. The van der Waals surface area contributed by atoms with Crippen LogP contribution in [0.5, 0.6) is 11.5 Å². The molecule has 0 N–H and O–H groups in total. The average molecular weight is 266 g/mol. The van der Waals surface area contributed by atoms with Crippen molar-refractivity contribution in [3.63, 3.8) is 0 Å². The zero-order chi connectivity index (χ0) is 9.14. The van der Waals surface area contributed by atoms with E-state index in [0.29, 0.717) is 11.5 Å². The maximum atomic E-state index is 7.43. The number of rotatable bonds is 2. The number of aromatic nitrogens is 1. The van der Waals surface area contributed by atoms with Gasteiger partial charge in [0.25, 0.3) is 0 Å². The van der Waals surface area contributed by atoms with Gasteiger partial charge in [-0.15, -0.1) is 0 Å².